The second kappa shape index (κ2) is 11.2. The molecule has 0 spiro atoms. The summed E-state index contributed by atoms with van der Waals surface area (Å²) < 4.78 is 0. The number of aliphatic imine (C=N–C) groups is 1. The highest BCUT2D eigenvalue weighted by molar-refractivity contribution is 5.94. The van der Waals surface area contributed by atoms with Crippen LogP contribution in [0.5, 0.6) is 5.75 Å². The predicted octanol–water partition coefficient (Wildman–Crippen LogP) is 3.04. The van der Waals surface area contributed by atoms with Crippen molar-refractivity contribution in [2.45, 2.75) is 32.7 Å². The average Bonchev–Trinajstić information content (AvgIpc) is 3.32. The minimum atomic E-state index is -0.180. The van der Waals surface area contributed by atoms with Crippen LogP contribution in [0.25, 0.3) is 0 Å². The van der Waals surface area contributed by atoms with Crippen LogP contribution in [0.4, 0.5) is 5.69 Å². The van der Waals surface area contributed by atoms with Crippen molar-refractivity contribution in [3.63, 3.8) is 0 Å². The minimum Gasteiger partial charge on any atom is -0.508 e. The molecule has 3 rings (SSSR count). The van der Waals surface area contributed by atoms with E-state index < -0.39 is 0 Å². The Bertz CT molecular complexity index is 876. The molecule has 0 aliphatic carbocycles. The molecule has 1 fully saturated rings. The van der Waals surface area contributed by atoms with Crippen LogP contribution in [0.15, 0.2) is 53.5 Å². The van der Waals surface area contributed by atoms with Crippen molar-refractivity contribution >= 4 is 17.6 Å². The molecule has 1 aliphatic heterocycles. The van der Waals surface area contributed by atoms with Crippen LogP contribution in [0, 0.1) is 0 Å². The fraction of sp³-hybridized carbons (Fsp3) is 0.417. The van der Waals surface area contributed by atoms with E-state index >= 15 is 0 Å². The number of nitrogens with zero attached hydrogens (tertiary/aromatic N) is 2. The van der Waals surface area contributed by atoms with E-state index in [9.17, 15) is 9.90 Å². The van der Waals surface area contributed by atoms with Crippen LogP contribution >= 0.6 is 0 Å². The Kier molecular flexibility index (Phi) is 8.15. The third-order valence-corrected chi connectivity index (χ3v) is 5.34. The number of rotatable bonds is 8. The Hall–Kier alpha value is -3.22. The van der Waals surface area contributed by atoms with Crippen LogP contribution < -0.4 is 20.9 Å². The lowest BCUT2D eigenvalue weighted by atomic mass is 10.1. The van der Waals surface area contributed by atoms with Crippen molar-refractivity contribution in [2.24, 2.45) is 4.99 Å². The standard InChI is InChI=1S/C24H33N5O2/c1-3-25-24(27-14-13-26-23(31)19-9-11-22(30)12-10-19)28-18(2)20-7-6-8-21(17-20)29-15-4-5-16-29/h6-12,17-18,30H,3-5,13-16H2,1-2H3,(H,26,31)(H2,25,27,28). The van der Waals surface area contributed by atoms with Crippen LogP contribution in [-0.4, -0.2) is 49.7 Å². The number of nitrogens with one attached hydrogen (secondary N) is 3. The third kappa shape index (κ3) is 6.64. The normalized spacial score (nSPS) is 14.9. The van der Waals surface area contributed by atoms with Crippen molar-refractivity contribution in [3.8, 4) is 5.75 Å². The zero-order valence-electron chi connectivity index (χ0n) is 18.4. The molecule has 7 nitrogen and oxygen atoms in total. The molecular formula is C24H33N5O2. The molecule has 31 heavy (non-hydrogen) atoms. The van der Waals surface area contributed by atoms with E-state index in [0.717, 1.165) is 25.6 Å². The number of anilines is 1. The van der Waals surface area contributed by atoms with E-state index in [2.05, 4.69) is 57.0 Å². The molecule has 7 heteroatoms. The van der Waals surface area contributed by atoms with Gasteiger partial charge in [-0.2, -0.15) is 0 Å². The lowest BCUT2D eigenvalue weighted by molar-refractivity contribution is 0.0955. The van der Waals surface area contributed by atoms with Gasteiger partial charge in [0.1, 0.15) is 5.75 Å². The number of carbonyl (C=O) groups excluding carboxylic acids is 1. The van der Waals surface area contributed by atoms with Gasteiger partial charge in [0.25, 0.3) is 5.91 Å². The maximum absolute atomic E-state index is 12.2. The third-order valence-electron chi connectivity index (χ3n) is 5.34. The van der Waals surface area contributed by atoms with Crippen molar-refractivity contribution < 1.29 is 9.90 Å². The van der Waals surface area contributed by atoms with Gasteiger partial charge in [0.05, 0.1) is 12.6 Å². The molecule has 0 saturated carbocycles. The molecule has 2 aromatic rings. The molecular weight excluding hydrogens is 390 g/mol. The van der Waals surface area contributed by atoms with Crippen molar-refractivity contribution in [3.05, 3.63) is 59.7 Å². The molecule has 166 valence electrons. The van der Waals surface area contributed by atoms with E-state index in [4.69, 9.17) is 0 Å². The quantitative estimate of drug-likeness (QED) is 0.298. The van der Waals surface area contributed by atoms with Gasteiger partial charge in [-0.1, -0.05) is 12.1 Å². The molecule has 4 N–H and O–H groups in total. The highest BCUT2D eigenvalue weighted by Crippen LogP contribution is 2.23. The second-order valence-corrected chi connectivity index (χ2v) is 7.72. The summed E-state index contributed by atoms with van der Waals surface area (Å²) in [6.45, 7) is 8.06. The van der Waals surface area contributed by atoms with E-state index in [1.165, 1.54) is 36.2 Å². The molecule has 1 aliphatic rings. The monoisotopic (exact) mass is 423 g/mol. The highest BCUT2D eigenvalue weighted by Gasteiger charge is 2.14. The maximum atomic E-state index is 12.2. The van der Waals surface area contributed by atoms with Gasteiger partial charge in [-0.25, -0.2) is 0 Å². The number of guanidine groups is 1. The fourth-order valence-corrected chi connectivity index (χ4v) is 3.63. The minimum absolute atomic E-state index is 0.104. The lowest BCUT2D eigenvalue weighted by Crippen LogP contribution is -2.39. The Morgan fingerprint density at radius 2 is 1.87 bits per heavy atom. The summed E-state index contributed by atoms with van der Waals surface area (Å²) in [4.78, 5) is 19.2. The summed E-state index contributed by atoms with van der Waals surface area (Å²) in [5, 5.41) is 18.9. The molecule has 0 bridgehead atoms. The number of aromatic hydroxyl groups is 1. The Morgan fingerprint density at radius 3 is 2.58 bits per heavy atom. The Morgan fingerprint density at radius 1 is 1.13 bits per heavy atom. The molecule has 1 atom stereocenters. The maximum Gasteiger partial charge on any atom is 0.251 e. The summed E-state index contributed by atoms with van der Waals surface area (Å²) in [5.74, 6) is 0.684. The smallest absolute Gasteiger partial charge is 0.251 e. The van der Waals surface area contributed by atoms with Gasteiger partial charge < -0.3 is 26.0 Å². The van der Waals surface area contributed by atoms with Crippen LogP contribution in [0.1, 0.15) is 48.7 Å². The second-order valence-electron chi connectivity index (χ2n) is 7.72. The summed E-state index contributed by atoms with van der Waals surface area (Å²) >= 11 is 0. The van der Waals surface area contributed by atoms with Gasteiger partial charge in [0.2, 0.25) is 0 Å². The van der Waals surface area contributed by atoms with Crippen LogP contribution in [-0.2, 0) is 0 Å². The first-order valence-corrected chi connectivity index (χ1v) is 11.0. The van der Waals surface area contributed by atoms with Gasteiger partial charge in [-0.15, -0.1) is 0 Å². The molecule has 1 unspecified atom stereocenters. The first-order chi connectivity index (χ1) is 15.1. The van der Waals surface area contributed by atoms with Gasteiger partial charge in [0.15, 0.2) is 5.96 Å². The molecule has 0 radical (unpaired) electrons. The van der Waals surface area contributed by atoms with Crippen molar-refractivity contribution in [2.75, 3.05) is 37.6 Å². The largest absolute Gasteiger partial charge is 0.508 e. The number of hydrogen-bond acceptors (Lipinski definition) is 4. The van der Waals surface area contributed by atoms with Gasteiger partial charge >= 0.3 is 0 Å². The van der Waals surface area contributed by atoms with E-state index in [-0.39, 0.29) is 17.7 Å². The zero-order valence-corrected chi connectivity index (χ0v) is 18.4. The van der Waals surface area contributed by atoms with E-state index in [1.54, 1.807) is 12.1 Å². The lowest BCUT2D eigenvalue weighted by Gasteiger charge is -2.22. The molecule has 1 saturated heterocycles. The summed E-state index contributed by atoms with van der Waals surface area (Å²) in [6.07, 6.45) is 2.52. The highest BCUT2D eigenvalue weighted by atomic mass is 16.3. The summed E-state index contributed by atoms with van der Waals surface area (Å²) in [7, 11) is 0. The van der Waals surface area contributed by atoms with Gasteiger partial charge in [0, 0.05) is 37.4 Å². The van der Waals surface area contributed by atoms with E-state index in [0.29, 0.717) is 18.7 Å². The zero-order chi connectivity index (χ0) is 22.1. The summed E-state index contributed by atoms with van der Waals surface area (Å²) in [6, 6.07) is 15.0. The first kappa shape index (κ1) is 22.5. The number of benzene rings is 2. The van der Waals surface area contributed by atoms with Crippen molar-refractivity contribution in [1.29, 1.82) is 0 Å². The predicted molar refractivity (Wildman–Crippen MR) is 126 cm³/mol. The Labute approximate surface area is 184 Å². The number of phenolic OH excluding ortho intramolecular Hbond substituents is 1. The fourth-order valence-electron chi connectivity index (χ4n) is 3.63. The van der Waals surface area contributed by atoms with Crippen LogP contribution in [0.3, 0.4) is 0 Å². The first-order valence-electron chi connectivity index (χ1n) is 11.0. The number of amides is 1. The van der Waals surface area contributed by atoms with Gasteiger partial charge in [-0.3, -0.25) is 9.79 Å². The average molecular weight is 424 g/mol. The SMILES string of the molecule is CCNC(=NCCNC(=O)c1ccc(O)cc1)NC(C)c1cccc(N2CCCC2)c1. The Balaban J connectivity index is 1.53. The summed E-state index contributed by atoms with van der Waals surface area (Å²) in [5.41, 5.74) is 3.01. The van der Waals surface area contributed by atoms with Crippen LogP contribution in [0.2, 0.25) is 0 Å². The van der Waals surface area contributed by atoms with E-state index in [1.807, 2.05) is 6.92 Å². The van der Waals surface area contributed by atoms with Crippen molar-refractivity contribution in [1.82, 2.24) is 16.0 Å². The molecule has 1 heterocycles. The number of hydrogen-bond donors (Lipinski definition) is 4. The van der Waals surface area contributed by atoms with Gasteiger partial charge in [-0.05, 0) is 68.7 Å². The molecule has 1 amide bonds. The topological polar surface area (TPSA) is 89.0 Å². The number of carbonyl (C=O) groups is 1. The molecule has 2 aromatic carbocycles. The number of phenols is 1. The molecule has 0 aromatic heterocycles.